The summed E-state index contributed by atoms with van der Waals surface area (Å²) >= 11 is 14.0. The summed E-state index contributed by atoms with van der Waals surface area (Å²) in [6.07, 6.45) is 9.56. The van der Waals surface area contributed by atoms with Crippen molar-refractivity contribution in [3.05, 3.63) is 98.7 Å². The van der Waals surface area contributed by atoms with Crippen LogP contribution in [0.3, 0.4) is 0 Å². The van der Waals surface area contributed by atoms with Gasteiger partial charge in [-0.2, -0.15) is 5.26 Å². The molecular formula is C43H49Cl2FN4O3. The summed E-state index contributed by atoms with van der Waals surface area (Å²) in [5.74, 6) is 1.19. The normalized spacial score (nSPS) is 21.2. The Hall–Kier alpha value is -3.71. The number of aliphatic hydroxyl groups excluding tert-OH is 1. The first-order chi connectivity index (χ1) is 25.7. The zero-order valence-corrected chi connectivity index (χ0v) is 31.9. The number of fused-ring (bicyclic) bond motifs is 1. The molecule has 1 saturated carbocycles. The molecule has 0 amide bonds. The van der Waals surface area contributed by atoms with Crippen LogP contribution >= 0.6 is 23.2 Å². The van der Waals surface area contributed by atoms with E-state index in [-0.39, 0.29) is 12.1 Å². The largest absolute Gasteiger partial charge is 0.492 e. The zero-order valence-electron chi connectivity index (χ0n) is 30.4. The van der Waals surface area contributed by atoms with E-state index in [0.717, 1.165) is 92.4 Å². The topological polar surface area (TPSA) is 90.1 Å². The van der Waals surface area contributed by atoms with Crippen molar-refractivity contribution in [2.75, 3.05) is 26.2 Å². The molecule has 0 unspecified atom stereocenters. The monoisotopic (exact) mass is 758 g/mol. The SMILES string of the molecule is C=N/C=C(\C=C(/C)C#N)c1cc(O[C@H]2CCc3c(-c4cccc(OCCCN5CCC(F)CC5)c4Cl)cccc32)c(Cl)cc1CN[C@@H]1CCCC[C@@H]1O. The van der Waals surface area contributed by atoms with E-state index in [0.29, 0.717) is 58.7 Å². The van der Waals surface area contributed by atoms with Crippen LogP contribution in [0.25, 0.3) is 16.7 Å². The first-order valence-electron chi connectivity index (χ1n) is 18.8. The molecule has 3 atom stereocenters. The number of nitrogens with one attached hydrogen (secondary N) is 1. The van der Waals surface area contributed by atoms with Crippen molar-refractivity contribution >= 4 is 35.5 Å². The second-order valence-corrected chi connectivity index (χ2v) is 15.1. The molecule has 0 aromatic heterocycles. The number of rotatable bonds is 14. The number of aliphatic imine (C=N–C) groups is 1. The number of ether oxygens (including phenoxy) is 2. The number of piperidine rings is 1. The molecule has 3 aromatic rings. The Morgan fingerprint density at radius 3 is 2.62 bits per heavy atom. The number of halogens is 3. The maximum absolute atomic E-state index is 13.5. The minimum atomic E-state index is -0.670. The molecule has 3 aliphatic rings. The Balaban J connectivity index is 1.22. The highest BCUT2D eigenvalue weighted by molar-refractivity contribution is 6.35. The summed E-state index contributed by atoms with van der Waals surface area (Å²) in [4.78, 5) is 6.35. The molecule has 1 heterocycles. The molecule has 1 saturated heterocycles. The first kappa shape index (κ1) is 39.0. The van der Waals surface area contributed by atoms with Crippen LogP contribution in [0.1, 0.15) is 86.6 Å². The molecule has 7 nitrogen and oxygen atoms in total. The van der Waals surface area contributed by atoms with Crippen molar-refractivity contribution < 1.29 is 19.0 Å². The zero-order chi connectivity index (χ0) is 37.3. The van der Waals surface area contributed by atoms with E-state index in [1.165, 1.54) is 5.56 Å². The van der Waals surface area contributed by atoms with Crippen LogP contribution in [-0.4, -0.2) is 61.3 Å². The van der Waals surface area contributed by atoms with Gasteiger partial charge in [0.15, 0.2) is 0 Å². The fourth-order valence-corrected chi connectivity index (χ4v) is 8.32. The molecule has 1 aliphatic heterocycles. The van der Waals surface area contributed by atoms with E-state index < -0.39 is 12.3 Å². The van der Waals surface area contributed by atoms with Crippen molar-refractivity contribution in [2.24, 2.45) is 4.99 Å². The van der Waals surface area contributed by atoms with Crippen LogP contribution < -0.4 is 14.8 Å². The van der Waals surface area contributed by atoms with E-state index in [9.17, 15) is 14.8 Å². The summed E-state index contributed by atoms with van der Waals surface area (Å²) in [5.41, 5.74) is 7.20. The van der Waals surface area contributed by atoms with Gasteiger partial charge in [0.1, 0.15) is 23.8 Å². The van der Waals surface area contributed by atoms with Crippen LogP contribution in [0.5, 0.6) is 11.5 Å². The maximum Gasteiger partial charge on any atom is 0.139 e. The van der Waals surface area contributed by atoms with Gasteiger partial charge in [-0.3, -0.25) is 4.99 Å². The fourth-order valence-electron chi connectivity index (χ4n) is 7.81. The summed E-state index contributed by atoms with van der Waals surface area (Å²) in [7, 11) is 0. The fraction of sp³-hybridized carbons (Fsp3) is 0.442. The molecule has 6 rings (SSSR count). The Kier molecular flexibility index (Phi) is 13.7. The summed E-state index contributed by atoms with van der Waals surface area (Å²) < 4.78 is 26.4. The van der Waals surface area contributed by atoms with Gasteiger partial charge >= 0.3 is 0 Å². The van der Waals surface area contributed by atoms with Gasteiger partial charge in [0, 0.05) is 55.1 Å². The van der Waals surface area contributed by atoms with Crippen molar-refractivity contribution in [3.63, 3.8) is 0 Å². The molecule has 10 heteroatoms. The molecule has 2 fully saturated rings. The number of allylic oxidation sites excluding steroid dienone is 3. The third-order valence-electron chi connectivity index (χ3n) is 10.7. The van der Waals surface area contributed by atoms with E-state index >= 15 is 0 Å². The Morgan fingerprint density at radius 1 is 1.08 bits per heavy atom. The number of benzene rings is 3. The minimum Gasteiger partial charge on any atom is -0.492 e. The molecule has 2 aliphatic carbocycles. The number of aliphatic hydroxyl groups is 1. The van der Waals surface area contributed by atoms with Crippen LogP contribution in [-0.2, 0) is 13.0 Å². The molecule has 53 heavy (non-hydrogen) atoms. The van der Waals surface area contributed by atoms with Gasteiger partial charge in [-0.1, -0.05) is 66.4 Å². The average molecular weight is 760 g/mol. The lowest BCUT2D eigenvalue weighted by Crippen LogP contribution is -2.41. The lowest BCUT2D eigenvalue weighted by Gasteiger charge is -2.29. The van der Waals surface area contributed by atoms with Crippen LogP contribution in [0, 0.1) is 11.3 Å². The minimum absolute atomic E-state index is 0.00475. The highest BCUT2D eigenvalue weighted by Crippen LogP contribution is 2.45. The Labute approximate surface area is 323 Å². The van der Waals surface area contributed by atoms with Crippen molar-refractivity contribution in [1.82, 2.24) is 10.2 Å². The van der Waals surface area contributed by atoms with E-state index in [1.54, 1.807) is 19.2 Å². The van der Waals surface area contributed by atoms with Gasteiger partial charge in [-0.05, 0) is 111 Å². The highest BCUT2D eigenvalue weighted by atomic mass is 35.5. The predicted molar refractivity (Wildman–Crippen MR) is 213 cm³/mol. The lowest BCUT2D eigenvalue weighted by molar-refractivity contribution is 0.0902. The van der Waals surface area contributed by atoms with Gasteiger partial charge in [0.05, 0.1) is 28.8 Å². The molecule has 280 valence electrons. The third kappa shape index (κ3) is 9.70. The number of hydrogen-bond donors (Lipinski definition) is 2. The quantitative estimate of drug-likeness (QED) is 0.0737. The van der Waals surface area contributed by atoms with Crippen molar-refractivity contribution in [1.29, 1.82) is 5.26 Å². The number of nitrogens with zero attached hydrogens (tertiary/aromatic N) is 3. The van der Waals surface area contributed by atoms with E-state index in [1.807, 2.05) is 36.4 Å². The Morgan fingerprint density at radius 2 is 1.85 bits per heavy atom. The second-order valence-electron chi connectivity index (χ2n) is 14.3. The number of nitriles is 1. The molecule has 0 bridgehead atoms. The second kappa shape index (κ2) is 18.6. The smallest absolute Gasteiger partial charge is 0.139 e. The summed E-state index contributed by atoms with van der Waals surface area (Å²) in [5, 5.41) is 24.8. The van der Waals surface area contributed by atoms with Crippen LogP contribution in [0.2, 0.25) is 10.0 Å². The first-order valence-corrected chi connectivity index (χ1v) is 19.6. The summed E-state index contributed by atoms with van der Waals surface area (Å²) in [6, 6.07) is 18.2. The number of likely N-dealkylation sites (tertiary alicyclic amines) is 1. The van der Waals surface area contributed by atoms with Gasteiger partial charge in [-0.25, -0.2) is 4.39 Å². The lowest BCUT2D eigenvalue weighted by atomic mass is 9.92. The van der Waals surface area contributed by atoms with Gasteiger partial charge in [0.25, 0.3) is 0 Å². The van der Waals surface area contributed by atoms with E-state index in [2.05, 4.69) is 40.1 Å². The standard InChI is InChI=1S/C43H49Cl2FN4O3/c1-28(25-47)22-29(26-48-2)36-24-42(37(44)23-30(36)27-49-38-11-3-4-12-39(38)51)53-40-15-14-33-32(8-5-9-34(33)40)35-10-6-13-41(43(35)45)52-21-7-18-50-19-16-31(46)17-20-50/h5-6,8-10,13,22-24,26,31,38-40,49,51H,2-4,7,11-12,14-21,27H2,1H3/b28-22+,29-26+/t38-,39+,40+/m1/s1. The average Bonchev–Trinajstić information content (AvgIpc) is 3.58. The molecular weight excluding hydrogens is 710 g/mol. The Bertz CT molecular complexity index is 1870. The van der Waals surface area contributed by atoms with Crippen molar-refractivity contribution in [3.8, 4) is 28.7 Å². The van der Waals surface area contributed by atoms with Crippen LogP contribution in [0.4, 0.5) is 4.39 Å². The van der Waals surface area contributed by atoms with Gasteiger partial charge < -0.3 is 24.8 Å². The predicted octanol–water partition coefficient (Wildman–Crippen LogP) is 9.83. The van der Waals surface area contributed by atoms with Crippen molar-refractivity contribution in [2.45, 2.75) is 95.7 Å². The molecule has 3 aromatic carbocycles. The maximum atomic E-state index is 13.5. The number of alkyl halides is 1. The summed E-state index contributed by atoms with van der Waals surface area (Å²) in [6.45, 7) is 8.92. The highest BCUT2D eigenvalue weighted by Gasteiger charge is 2.29. The molecule has 2 N–H and O–H groups in total. The van der Waals surface area contributed by atoms with Gasteiger partial charge in [-0.15, -0.1) is 0 Å². The third-order valence-corrected chi connectivity index (χ3v) is 11.3. The number of hydrogen-bond acceptors (Lipinski definition) is 7. The van der Waals surface area contributed by atoms with Gasteiger partial charge in [0.2, 0.25) is 0 Å². The molecule has 0 radical (unpaired) electrons. The van der Waals surface area contributed by atoms with Crippen LogP contribution in [0.15, 0.2) is 71.4 Å². The molecule has 0 spiro atoms. The van der Waals surface area contributed by atoms with E-state index in [4.69, 9.17) is 32.7 Å².